The zero-order valence-electron chi connectivity index (χ0n) is 17.3. The number of rotatable bonds is 5. The summed E-state index contributed by atoms with van der Waals surface area (Å²) in [4.78, 5) is 39.0. The van der Waals surface area contributed by atoms with E-state index in [2.05, 4.69) is 21.2 Å². The van der Waals surface area contributed by atoms with Gasteiger partial charge in [-0.05, 0) is 58.6 Å². The molecule has 1 saturated heterocycles. The number of imide groups is 2. The van der Waals surface area contributed by atoms with E-state index in [0.717, 1.165) is 37.7 Å². The second-order valence-corrected chi connectivity index (χ2v) is 9.12. The highest BCUT2D eigenvalue weighted by molar-refractivity contribution is 9.10. The van der Waals surface area contributed by atoms with Crippen molar-refractivity contribution in [1.82, 2.24) is 10.2 Å². The third-order valence-corrected chi connectivity index (χ3v) is 6.67. The summed E-state index contributed by atoms with van der Waals surface area (Å²) in [5, 5.41) is 2.94. The number of amides is 4. The molecule has 2 aliphatic rings. The lowest BCUT2D eigenvalue weighted by molar-refractivity contribution is -0.132. The van der Waals surface area contributed by atoms with Gasteiger partial charge in [-0.2, -0.15) is 0 Å². The third kappa shape index (κ3) is 4.89. The van der Waals surface area contributed by atoms with Crippen LogP contribution in [0.2, 0.25) is 5.02 Å². The number of urea groups is 1. The Morgan fingerprint density at radius 1 is 1.09 bits per heavy atom. The maximum absolute atomic E-state index is 13.0. The van der Waals surface area contributed by atoms with Crippen LogP contribution >= 0.6 is 27.5 Å². The minimum absolute atomic E-state index is 0.0493. The Labute approximate surface area is 199 Å². The van der Waals surface area contributed by atoms with Gasteiger partial charge in [-0.3, -0.25) is 19.8 Å². The number of ether oxygens (including phenoxy) is 1. The molecule has 4 amide bonds. The van der Waals surface area contributed by atoms with Crippen LogP contribution in [-0.2, 0) is 16.2 Å². The van der Waals surface area contributed by atoms with E-state index in [4.69, 9.17) is 16.3 Å². The predicted molar refractivity (Wildman–Crippen MR) is 125 cm³/mol. The van der Waals surface area contributed by atoms with Crippen molar-refractivity contribution < 1.29 is 19.1 Å². The predicted octanol–water partition coefficient (Wildman–Crippen LogP) is 5.48. The molecule has 1 saturated carbocycles. The molecular formula is C24H22BrClN2O4. The number of carbonyl (C=O) groups is 3. The van der Waals surface area contributed by atoms with E-state index < -0.39 is 17.8 Å². The molecule has 6 nitrogen and oxygen atoms in total. The van der Waals surface area contributed by atoms with Crippen LogP contribution in [0, 0.1) is 0 Å². The molecule has 2 aromatic carbocycles. The van der Waals surface area contributed by atoms with Gasteiger partial charge in [-0.25, -0.2) is 4.79 Å². The van der Waals surface area contributed by atoms with E-state index in [1.807, 2.05) is 18.2 Å². The second-order valence-electron chi connectivity index (χ2n) is 7.85. The number of barbiturate groups is 1. The molecule has 1 aliphatic heterocycles. The number of benzene rings is 2. The zero-order valence-corrected chi connectivity index (χ0v) is 19.6. The van der Waals surface area contributed by atoms with Gasteiger partial charge in [0.15, 0.2) is 0 Å². The molecule has 1 N–H and O–H groups in total. The summed E-state index contributed by atoms with van der Waals surface area (Å²) >= 11 is 9.65. The maximum atomic E-state index is 13.0. The Kier molecular flexibility index (Phi) is 6.96. The van der Waals surface area contributed by atoms with Crippen LogP contribution in [0.1, 0.15) is 43.2 Å². The third-order valence-electron chi connectivity index (χ3n) is 5.68. The van der Waals surface area contributed by atoms with Gasteiger partial charge in [0.25, 0.3) is 11.8 Å². The molecule has 0 radical (unpaired) electrons. The first-order valence-corrected chi connectivity index (χ1v) is 11.7. The van der Waals surface area contributed by atoms with E-state index >= 15 is 0 Å². The average Bonchev–Trinajstić information content (AvgIpc) is 2.78. The van der Waals surface area contributed by atoms with Crippen molar-refractivity contribution in [1.29, 1.82) is 0 Å². The first-order valence-electron chi connectivity index (χ1n) is 10.5. The van der Waals surface area contributed by atoms with Crippen molar-refractivity contribution >= 4 is 51.5 Å². The van der Waals surface area contributed by atoms with E-state index in [9.17, 15) is 14.4 Å². The van der Waals surface area contributed by atoms with Crippen LogP contribution in [0.15, 0.2) is 52.5 Å². The van der Waals surface area contributed by atoms with Gasteiger partial charge < -0.3 is 4.74 Å². The van der Waals surface area contributed by atoms with E-state index in [1.165, 1.54) is 11.0 Å². The zero-order chi connectivity index (χ0) is 22.7. The summed E-state index contributed by atoms with van der Waals surface area (Å²) in [6, 6.07) is 11.9. The van der Waals surface area contributed by atoms with Crippen LogP contribution in [0.4, 0.5) is 4.79 Å². The van der Waals surface area contributed by atoms with Crippen LogP contribution in [0.5, 0.6) is 5.75 Å². The largest absolute Gasteiger partial charge is 0.488 e. The Morgan fingerprint density at radius 2 is 1.84 bits per heavy atom. The topological polar surface area (TPSA) is 75.7 Å². The van der Waals surface area contributed by atoms with Crippen LogP contribution < -0.4 is 10.1 Å². The highest BCUT2D eigenvalue weighted by Gasteiger charge is 2.40. The average molecular weight is 518 g/mol. The van der Waals surface area contributed by atoms with Crippen LogP contribution in [0.25, 0.3) is 6.08 Å². The molecule has 0 unspecified atom stereocenters. The molecular weight excluding hydrogens is 496 g/mol. The van der Waals surface area contributed by atoms with Gasteiger partial charge in [-0.15, -0.1) is 0 Å². The van der Waals surface area contributed by atoms with Gasteiger partial charge in [0.05, 0.1) is 4.47 Å². The summed E-state index contributed by atoms with van der Waals surface area (Å²) in [5.41, 5.74) is 1.45. The monoisotopic (exact) mass is 516 g/mol. The molecule has 0 spiro atoms. The summed E-state index contributed by atoms with van der Waals surface area (Å²) < 4.78 is 6.52. The molecule has 0 bridgehead atoms. The number of halogens is 2. The molecule has 4 rings (SSSR count). The molecule has 32 heavy (non-hydrogen) atoms. The SMILES string of the molecule is O=C1NC(=O)N(C2CCCCC2)C(=O)C1=Cc1ccc(OCc2ccccc2Cl)c(Br)c1. The van der Waals surface area contributed by atoms with Gasteiger partial charge in [0.1, 0.15) is 17.9 Å². The Morgan fingerprint density at radius 3 is 2.56 bits per heavy atom. The van der Waals surface area contributed by atoms with Crippen molar-refractivity contribution in [3.8, 4) is 5.75 Å². The summed E-state index contributed by atoms with van der Waals surface area (Å²) in [6.07, 6.45) is 6.07. The molecule has 1 heterocycles. The summed E-state index contributed by atoms with van der Waals surface area (Å²) in [5.74, 6) is -0.617. The van der Waals surface area contributed by atoms with Gasteiger partial charge in [-0.1, -0.05) is 55.1 Å². The fraction of sp³-hybridized carbons (Fsp3) is 0.292. The highest BCUT2D eigenvalue weighted by atomic mass is 79.9. The fourth-order valence-corrected chi connectivity index (χ4v) is 4.70. The molecule has 8 heteroatoms. The minimum atomic E-state index is -0.678. The van der Waals surface area contributed by atoms with Gasteiger partial charge >= 0.3 is 6.03 Å². The molecule has 166 valence electrons. The summed E-state index contributed by atoms with van der Waals surface area (Å²) in [6.45, 7) is 0.304. The second kappa shape index (κ2) is 9.88. The van der Waals surface area contributed by atoms with Crippen LogP contribution in [-0.4, -0.2) is 28.8 Å². The lowest BCUT2D eigenvalue weighted by atomic mass is 9.93. The lowest BCUT2D eigenvalue weighted by Gasteiger charge is -2.35. The number of hydrogen-bond donors (Lipinski definition) is 1. The summed E-state index contributed by atoms with van der Waals surface area (Å²) in [7, 11) is 0. The maximum Gasteiger partial charge on any atom is 0.331 e. The minimum Gasteiger partial charge on any atom is -0.488 e. The first-order chi connectivity index (χ1) is 15.4. The quantitative estimate of drug-likeness (QED) is 0.421. The Balaban J connectivity index is 1.52. The molecule has 0 atom stereocenters. The van der Waals surface area contributed by atoms with Crippen molar-refractivity contribution in [2.24, 2.45) is 0 Å². The molecule has 0 aromatic heterocycles. The fourth-order valence-electron chi connectivity index (χ4n) is 4.00. The van der Waals surface area contributed by atoms with Gasteiger partial charge in [0, 0.05) is 16.6 Å². The standard InChI is InChI=1S/C24H22BrClN2O4/c25-19-13-15(10-11-21(19)32-14-16-6-4-5-9-20(16)26)12-18-22(29)27-24(31)28(23(18)30)17-7-2-1-3-8-17/h4-6,9-13,17H,1-3,7-8,14H2,(H,27,29,31). The van der Waals surface area contributed by atoms with Crippen LogP contribution in [0.3, 0.4) is 0 Å². The molecule has 1 aliphatic carbocycles. The van der Waals surface area contributed by atoms with Crippen molar-refractivity contribution in [3.63, 3.8) is 0 Å². The number of hydrogen-bond acceptors (Lipinski definition) is 4. The van der Waals surface area contributed by atoms with E-state index in [-0.39, 0.29) is 11.6 Å². The van der Waals surface area contributed by atoms with E-state index in [1.54, 1.807) is 24.3 Å². The lowest BCUT2D eigenvalue weighted by Crippen LogP contribution is -2.58. The van der Waals surface area contributed by atoms with Crippen molar-refractivity contribution in [3.05, 3.63) is 68.7 Å². The van der Waals surface area contributed by atoms with Crippen molar-refractivity contribution in [2.75, 3.05) is 0 Å². The Bertz CT molecular complexity index is 1100. The first kappa shape index (κ1) is 22.6. The van der Waals surface area contributed by atoms with Gasteiger partial charge in [0.2, 0.25) is 0 Å². The molecule has 2 fully saturated rings. The smallest absolute Gasteiger partial charge is 0.331 e. The normalized spacial score (nSPS) is 18.8. The van der Waals surface area contributed by atoms with E-state index in [0.29, 0.717) is 27.4 Å². The van der Waals surface area contributed by atoms with Crippen molar-refractivity contribution in [2.45, 2.75) is 44.8 Å². The number of nitrogens with one attached hydrogen (secondary N) is 1. The highest BCUT2D eigenvalue weighted by Crippen LogP contribution is 2.30. The Hall–Kier alpha value is -2.64. The number of carbonyl (C=O) groups excluding carboxylic acids is 3. The molecule has 2 aromatic rings. The number of nitrogens with zero attached hydrogens (tertiary/aromatic N) is 1.